The largest absolute Gasteiger partial charge is 0.364 e. The van der Waals surface area contributed by atoms with Crippen LogP contribution in [-0.4, -0.2) is 52.3 Å². The van der Waals surface area contributed by atoms with E-state index in [-0.39, 0.29) is 40.2 Å². The van der Waals surface area contributed by atoms with Gasteiger partial charge < -0.3 is 5.53 Å². The Morgan fingerprint density at radius 2 is 1.49 bits per heavy atom. The maximum Gasteiger partial charge on any atom is 0.364 e. The molecule has 0 spiro atoms. The molecule has 1 unspecified atom stereocenters. The van der Waals surface area contributed by atoms with Gasteiger partial charge in [0.2, 0.25) is 0 Å². The predicted molar refractivity (Wildman–Crippen MR) is 143 cm³/mol. The third kappa shape index (κ3) is 6.64. The summed E-state index contributed by atoms with van der Waals surface area (Å²) in [6.45, 7) is 5.78. The SMILES string of the molecule is C.CC.COS(=O)(=O)c1cccc2c1C=CC(C)C2=O.CS(=O)(=O)C1=CC(=[N+]=[N-])C(=O)c2ccccc21. The minimum atomic E-state index is -3.78. The van der Waals surface area contributed by atoms with Crippen LogP contribution in [0.25, 0.3) is 16.5 Å². The Hall–Kier alpha value is -3.50. The fraction of sp³-hybridized carbons (Fsp3) is 0.269. The molecule has 0 radical (unpaired) electrons. The van der Waals surface area contributed by atoms with Gasteiger partial charge in [0.25, 0.3) is 15.9 Å². The Morgan fingerprint density at radius 3 is 2.03 bits per heavy atom. The quantitative estimate of drug-likeness (QED) is 0.313. The van der Waals surface area contributed by atoms with Crippen molar-refractivity contribution < 1.29 is 35.4 Å². The molecule has 37 heavy (non-hydrogen) atoms. The van der Waals surface area contributed by atoms with Gasteiger partial charge in [-0.15, -0.1) is 0 Å². The number of fused-ring (bicyclic) bond motifs is 2. The van der Waals surface area contributed by atoms with Crippen molar-refractivity contribution in [3.05, 3.63) is 82.4 Å². The molecule has 2 aliphatic carbocycles. The normalized spacial score (nSPS) is 15.9. The van der Waals surface area contributed by atoms with E-state index in [0.29, 0.717) is 16.7 Å². The molecule has 198 valence electrons. The van der Waals surface area contributed by atoms with Crippen LogP contribution < -0.4 is 0 Å². The molecule has 2 aromatic carbocycles. The average molecular weight is 547 g/mol. The van der Waals surface area contributed by atoms with Gasteiger partial charge >= 0.3 is 5.71 Å². The molecule has 9 nitrogen and oxygen atoms in total. The lowest BCUT2D eigenvalue weighted by Gasteiger charge is -2.16. The maximum atomic E-state index is 11.9. The number of carbonyl (C=O) groups is 2. The lowest BCUT2D eigenvalue weighted by atomic mass is 9.89. The molecule has 0 amide bonds. The van der Waals surface area contributed by atoms with E-state index in [1.54, 1.807) is 49.4 Å². The fourth-order valence-electron chi connectivity index (χ4n) is 3.49. The van der Waals surface area contributed by atoms with Gasteiger partial charge in [0.1, 0.15) is 4.90 Å². The number of rotatable bonds is 3. The van der Waals surface area contributed by atoms with Crippen LogP contribution in [0.3, 0.4) is 0 Å². The summed E-state index contributed by atoms with van der Waals surface area (Å²) in [7, 11) is -6.17. The van der Waals surface area contributed by atoms with Crippen molar-refractivity contribution >= 4 is 48.2 Å². The first kappa shape index (κ1) is 31.5. The molecule has 0 N–H and O–H groups in total. The first-order chi connectivity index (χ1) is 16.9. The van der Waals surface area contributed by atoms with Gasteiger partial charge in [0.05, 0.1) is 18.1 Å². The van der Waals surface area contributed by atoms with Crippen molar-refractivity contribution in [2.45, 2.75) is 33.1 Å². The smallest absolute Gasteiger partial charge is 0.361 e. The topological polar surface area (TPSA) is 148 Å². The Labute approximate surface area is 218 Å². The van der Waals surface area contributed by atoms with Gasteiger partial charge in [-0.1, -0.05) is 76.7 Å². The average Bonchev–Trinajstić information content (AvgIpc) is 2.87. The highest BCUT2D eigenvalue weighted by atomic mass is 32.2. The van der Waals surface area contributed by atoms with Crippen LogP contribution in [0, 0.1) is 5.92 Å². The lowest BCUT2D eigenvalue weighted by molar-refractivity contribution is -0.00437. The first-order valence-corrected chi connectivity index (χ1v) is 14.2. The molecule has 0 bridgehead atoms. The minimum Gasteiger partial charge on any atom is -0.361 e. The highest BCUT2D eigenvalue weighted by Crippen LogP contribution is 2.29. The second-order valence-corrected chi connectivity index (χ2v) is 11.2. The zero-order valence-corrected chi connectivity index (χ0v) is 22.1. The van der Waals surface area contributed by atoms with E-state index >= 15 is 0 Å². The third-order valence-electron chi connectivity index (χ3n) is 5.23. The molecule has 4 rings (SSSR count). The Bertz CT molecular complexity index is 1530. The summed E-state index contributed by atoms with van der Waals surface area (Å²) in [5.74, 6) is -0.783. The molecule has 0 saturated heterocycles. The van der Waals surface area contributed by atoms with Crippen LogP contribution in [-0.2, 0) is 24.1 Å². The number of sulfone groups is 1. The van der Waals surface area contributed by atoms with E-state index in [1.807, 2.05) is 13.8 Å². The van der Waals surface area contributed by atoms with Gasteiger partial charge in [-0.25, -0.2) is 8.42 Å². The van der Waals surface area contributed by atoms with Crippen LogP contribution in [0.4, 0.5) is 0 Å². The maximum absolute atomic E-state index is 11.9. The standard InChI is InChI=1S/C12H12O4S.C11H8N2O3S.C2H6.CH4/c1-8-6-7-9-10(12(8)13)4-3-5-11(9)17(14,15)16-2;1-17(15,16)10-6-9(13-12)11(14)8-5-3-2-4-7(8)10;1-2;/h3-8H,1-2H3;2-6H,1H3;1-2H3;1H4. The van der Waals surface area contributed by atoms with E-state index in [9.17, 15) is 26.4 Å². The van der Waals surface area contributed by atoms with E-state index in [0.717, 1.165) is 19.4 Å². The molecule has 0 heterocycles. The summed E-state index contributed by atoms with van der Waals surface area (Å²) in [5, 5.41) is 0. The van der Waals surface area contributed by atoms with Gasteiger partial charge in [-0.3, -0.25) is 13.8 Å². The Kier molecular flexibility index (Phi) is 10.8. The van der Waals surface area contributed by atoms with Crippen molar-refractivity contribution in [1.29, 1.82) is 0 Å². The van der Waals surface area contributed by atoms with Crippen LogP contribution in [0.15, 0.2) is 59.5 Å². The Morgan fingerprint density at radius 1 is 0.919 bits per heavy atom. The number of nitrogens with zero attached hydrogens (tertiary/aromatic N) is 2. The zero-order chi connectivity index (χ0) is 27.3. The number of allylic oxidation sites excluding steroid dienone is 2. The van der Waals surface area contributed by atoms with Crippen LogP contribution in [0.2, 0.25) is 0 Å². The molecule has 1 atom stereocenters. The van der Waals surface area contributed by atoms with E-state index in [1.165, 1.54) is 12.1 Å². The summed E-state index contributed by atoms with van der Waals surface area (Å²) in [5.41, 5.74) is 9.83. The predicted octanol–water partition coefficient (Wildman–Crippen LogP) is 4.47. The van der Waals surface area contributed by atoms with Crippen molar-refractivity contribution in [2.24, 2.45) is 5.92 Å². The molecule has 11 heteroatoms. The summed E-state index contributed by atoms with van der Waals surface area (Å²) >= 11 is 0. The molecular weight excluding hydrogens is 516 g/mol. The van der Waals surface area contributed by atoms with Crippen molar-refractivity contribution in [3.8, 4) is 0 Å². The van der Waals surface area contributed by atoms with Crippen molar-refractivity contribution in [2.75, 3.05) is 13.4 Å². The summed E-state index contributed by atoms with van der Waals surface area (Å²) in [6.07, 6.45) is 5.48. The number of carbonyl (C=O) groups excluding carboxylic acids is 2. The van der Waals surface area contributed by atoms with E-state index in [4.69, 9.17) is 5.53 Å². The van der Waals surface area contributed by atoms with E-state index in [2.05, 4.69) is 8.97 Å². The molecule has 0 saturated carbocycles. The van der Waals surface area contributed by atoms with Crippen molar-refractivity contribution in [3.63, 3.8) is 0 Å². The molecule has 2 aromatic rings. The first-order valence-electron chi connectivity index (χ1n) is 10.9. The number of benzene rings is 2. The zero-order valence-electron chi connectivity index (χ0n) is 20.4. The summed E-state index contributed by atoms with van der Waals surface area (Å²) in [4.78, 5) is 26.5. The van der Waals surface area contributed by atoms with Gasteiger partial charge in [-0.05, 0) is 6.07 Å². The molecule has 2 aliphatic rings. The number of hydrogen-bond donors (Lipinski definition) is 0. The highest BCUT2D eigenvalue weighted by molar-refractivity contribution is 8.00. The summed E-state index contributed by atoms with van der Waals surface area (Å²) < 4.78 is 51.1. The van der Waals surface area contributed by atoms with Gasteiger partial charge in [0, 0.05) is 34.4 Å². The van der Waals surface area contributed by atoms with Gasteiger partial charge in [-0.2, -0.15) is 13.2 Å². The Balaban J connectivity index is 0.000000338. The molecule has 0 fully saturated rings. The van der Waals surface area contributed by atoms with Crippen LogP contribution >= 0.6 is 0 Å². The third-order valence-corrected chi connectivity index (χ3v) is 7.70. The number of Topliss-reactive ketones (excluding diaryl/α,β-unsaturated/α-hetero) is 2. The van der Waals surface area contributed by atoms with E-state index < -0.39 is 25.7 Å². The van der Waals surface area contributed by atoms with Crippen molar-refractivity contribution in [1.82, 2.24) is 0 Å². The lowest BCUT2D eigenvalue weighted by Crippen LogP contribution is -2.22. The van der Waals surface area contributed by atoms with Gasteiger partial charge in [0.15, 0.2) is 15.6 Å². The molecule has 0 aliphatic heterocycles. The highest BCUT2D eigenvalue weighted by Gasteiger charge is 2.33. The minimum absolute atomic E-state index is 0. The fourth-order valence-corrected chi connectivity index (χ4v) is 5.27. The second-order valence-electron chi connectivity index (χ2n) is 7.49. The molecular formula is C26H30N2O7S2. The number of ketones is 2. The monoisotopic (exact) mass is 546 g/mol. The number of hydrogen-bond acceptors (Lipinski definition) is 7. The molecule has 0 aromatic heterocycles. The van der Waals surface area contributed by atoms with Crippen LogP contribution in [0.1, 0.15) is 60.0 Å². The second kappa shape index (κ2) is 12.6. The van der Waals surface area contributed by atoms with Crippen LogP contribution in [0.5, 0.6) is 0 Å². The summed E-state index contributed by atoms with van der Waals surface area (Å²) in [6, 6.07) is 10.9.